The molecule has 14 heavy (non-hydrogen) atoms. The van der Waals surface area contributed by atoms with Gasteiger partial charge >= 0.3 is 0 Å². The Morgan fingerprint density at radius 2 is 1.57 bits per heavy atom. The molecule has 1 aromatic rings. The first-order valence-electron chi connectivity index (χ1n) is 5.07. The Bertz CT molecular complexity index is 332. The number of hydrogen-bond acceptors (Lipinski definition) is 1. The van der Waals surface area contributed by atoms with Crippen LogP contribution in [0.4, 0.5) is 0 Å². The van der Waals surface area contributed by atoms with Crippen molar-refractivity contribution in [3.05, 3.63) is 34.4 Å². The van der Waals surface area contributed by atoms with Crippen LogP contribution in [0, 0.1) is 13.8 Å². The predicted molar refractivity (Wildman–Crippen MR) is 60.5 cm³/mol. The Labute approximate surface area is 86.8 Å². The van der Waals surface area contributed by atoms with E-state index in [-0.39, 0.29) is 12.0 Å². The summed E-state index contributed by atoms with van der Waals surface area (Å²) in [5, 5.41) is 9.30. The standard InChI is InChI=1S/C13H20O/c1-9-6-11(8-14)12(7-10(9)2)13(3,4)5/h6-7,14H,8H2,1-5H3. The van der Waals surface area contributed by atoms with Crippen LogP contribution >= 0.6 is 0 Å². The molecule has 0 fully saturated rings. The molecule has 1 heteroatoms. The minimum atomic E-state index is 0.108. The molecule has 0 aromatic heterocycles. The van der Waals surface area contributed by atoms with Crippen LogP contribution in [0.1, 0.15) is 43.0 Å². The molecular weight excluding hydrogens is 172 g/mol. The van der Waals surface area contributed by atoms with Crippen molar-refractivity contribution in [3.8, 4) is 0 Å². The lowest BCUT2D eigenvalue weighted by Gasteiger charge is -2.23. The van der Waals surface area contributed by atoms with E-state index in [1.54, 1.807) is 0 Å². The third-order valence-corrected chi connectivity index (χ3v) is 2.70. The zero-order valence-electron chi connectivity index (χ0n) is 9.81. The van der Waals surface area contributed by atoms with E-state index in [1.165, 1.54) is 16.7 Å². The molecule has 0 radical (unpaired) electrons. The van der Waals surface area contributed by atoms with Gasteiger partial charge in [-0.1, -0.05) is 32.9 Å². The Hall–Kier alpha value is -0.820. The monoisotopic (exact) mass is 192 g/mol. The second-order valence-electron chi connectivity index (χ2n) is 5.00. The fourth-order valence-corrected chi connectivity index (χ4v) is 1.70. The van der Waals surface area contributed by atoms with E-state index < -0.39 is 0 Å². The van der Waals surface area contributed by atoms with Gasteiger partial charge in [0.2, 0.25) is 0 Å². The van der Waals surface area contributed by atoms with Crippen LogP contribution in [-0.2, 0) is 12.0 Å². The molecule has 1 aromatic carbocycles. The van der Waals surface area contributed by atoms with Gasteiger partial charge in [0.1, 0.15) is 0 Å². The van der Waals surface area contributed by atoms with Crippen molar-refractivity contribution < 1.29 is 5.11 Å². The number of aliphatic hydroxyl groups excluding tert-OH is 1. The zero-order chi connectivity index (χ0) is 10.9. The lowest BCUT2D eigenvalue weighted by Crippen LogP contribution is -2.15. The van der Waals surface area contributed by atoms with Gasteiger partial charge in [-0.3, -0.25) is 0 Å². The van der Waals surface area contributed by atoms with Gasteiger partial charge in [-0.15, -0.1) is 0 Å². The van der Waals surface area contributed by atoms with Crippen molar-refractivity contribution in [1.29, 1.82) is 0 Å². The largest absolute Gasteiger partial charge is 0.392 e. The lowest BCUT2D eigenvalue weighted by molar-refractivity contribution is 0.278. The van der Waals surface area contributed by atoms with Crippen molar-refractivity contribution in [2.75, 3.05) is 0 Å². The van der Waals surface area contributed by atoms with Crippen molar-refractivity contribution in [3.63, 3.8) is 0 Å². The summed E-state index contributed by atoms with van der Waals surface area (Å²) < 4.78 is 0. The minimum absolute atomic E-state index is 0.108. The number of rotatable bonds is 1. The van der Waals surface area contributed by atoms with Gasteiger partial charge in [0.25, 0.3) is 0 Å². The molecule has 0 spiro atoms. The van der Waals surface area contributed by atoms with E-state index in [0.29, 0.717) is 0 Å². The fourth-order valence-electron chi connectivity index (χ4n) is 1.70. The summed E-state index contributed by atoms with van der Waals surface area (Å²) in [5.74, 6) is 0. The molecule has 0 heterocycles. The first-order chi connectivity index (χ1) is 6.36. The molecule has 1 nitrogen and oxygen atoms in total. The summed E-state index contributed by atoms with van der Waals surface area (Å²) in [5.41, 5.74) is 4.97. The Morgan fingerprint density at radius 1 is 1.07 bits per heavy atom. The van der Waals surface area contributed by atoms with Gasteiger partial charge in [-0.05, 0) is 41.5 Å². The highest BCUT2D eigenvalue weighted by Crippen LogP contribution is 2.28. The normalized spacial score (nSPS) is 11.9. The summed E-state index contributed by atoms with van der Waals surface area (Å²) in [4.78, 5) is 0. The van der Waals surface area contributed by atoms with Crippen molar-refractivity contribution in [2.24, 2.45) is 0 Å². The maximum Gasteiger partial charge on any atom is 0.0684 e. The van der Waals surface area contributed by atoms with E-state index >= 15 is 0 Å². The Morgan fingerprint density at radius 3 is 2.00 bits per heavy atom. The topological polar surface area (TPSA) is 20.2 Å². The van der Waals surface area contributed by atoms with E-state index in [0.717, 1.165) is 5.56 Å². The first kappa shape index (κ1) is 11.3. The van der Waals surface area contributed by atoms with Crippen molar-refractivity contribution in [1.82, 2.24) is 0 Å². The highest BCUT2D eigenvalue weighted by Gasteiger charge is 2.18. The molecule has 0 amide bonds. The molecule has 1 rings (SSSR count). The zero-order valence-corrected chi connectivity index (χ0v) is 9.81. The van der Waals surface area contributed by atoms with E-state index in [1.807, 2.05) is 0 Å². The quantitative estimate of drug-likeness (QED) is 0.725. The maximum atomic E-state index is 9.30. The third-order valence-electron chi connectivity index (χ3n) is 2.70. The van der Waals surface area contributed by atoms with E-state index in [9.17, 15) is 5.11 Å². The maximum absolute atomic E-state index is 9.30. The summed E-state index contributed by atoms with van der Waals surface area (Å²) in [6.45, 7) is 10.9. The average Bonchev–Trinajstić information content (AvgIpc) is 2.07. The van der Waals surface area contributed by atoms with Crippen molar-refractivity contribution >= 4 is 0 Å². The van der Waals surface area contributed by atoms with Crippen LogP contribution in [-0.4, -0.2) is 5.11 Å². The van der Waals surface area contributed by atoms with Crippen LogP contribution in [0.5, 0.6) is 0 Å². The molecular formula is C13H20O. The summed E-state index contributed by atoms with van der Waals surface area (Å²) in [6.07, 6.45) is 0. The molecule has 0 unspecified atom stereocenters. The molecule has 78 valence electrons. The molecule has 0 aliphatic carbocycles. The number of benzene rings is 1. The van der Waals surface area contributed by atoms with Crippen LogP contribution in [0.25, 0.3) is 0 Å². The van der Waals surface area contributed by atoms with Crippen LogP contribution in [0.3, 0.4) is 0 Å². The molecule has 0 saturated carbocycles. The summed E-state index contributed by atoms with van der Waals surface area (Å²) in [7, 11) is 0. The molecule has 0 aliphatic heterocycles. The van der Waals surface area contributed by atoms with Crippen LogP contribution < -0.4 is 0 Å². The Kier molecular flexibility index (Phi) is 3.01. The Balaban J connectivity index is 3.35. The fraction of sp³-hybridized carbons (Fsp3) is 0.538. The lowest BCUT2D eigenvalue weighted by atomic mass is 9.82. The average molecular weight is 192 g/mol. The minimum Gasteiger partial charge on any atom is -0.392 e. The molecule has 1 N–H and O–H groups in total. The van der Waals surface area contributed by atoms with E-state index in [2.05, 4.69) is 46.8 Å². The molecule has 0 aliphatic rings. The first-order valence-corrected chi connectivity index (χ1v) is 5.07. The number of hydrogen-bond donors (Lipinski definition) is 1. The highest BCUT2D eigenvalue weighted by molar-refractivity contribution is 5.40. The molecule has 0 saturated heterocycles. The van der Waals surface area contributed by atoms with Gasteiger partial charge < -0.3 is 5.11 Å². The summed E-state index contributed by atoms with van der Waals surface area (Å²) in [6, 6.07) is 4.29. The van der Waals surface area contributed by atoms with Crippen LogP contribution in [0.2, 0.25) is 0 Å². The second-order valence-corrected chi connectivity index (χ2v) is 5.00. The van der Waals surface area contributed by atoms with Gasteiger partial charge in [-0.2, -0.15) is 0 Å². The van der Waals surface area contributed by atoms with Gasteiger partial charge in [-0.25, -0.2) is 0 Å². The second kappa shape index (κ2) is 3.74. The van der Waals surface area contributed by atoms with Gasteiger partial charge in [0, 0.05) is 0 Å². The molecule has 0 bridgehead atoms. The highest BCUT2D eigenvalue weighted by atomic mass is 16.3. The van der Waals surface area contributed by atoms with E-state index in [4.69, 9.17) is 0 Å². The molecule has 0 atom stereocenters. The summed E-state index contributed by atoms with van der Waals surface area (Å²) >= 11 is 0. The number of aryl methyl sites for hydroxylation is 2. The SMILES string of the molecule is Cc1cc(CO)c(C(C)(C)C)cc1C. The third kappa shape index (κ3) is 2.16. The number of aliphatic hydroxyl groups is 1. The van der Waals surface area contributed by atoms with Crippen molar-refractivity contribution in [2.45, 2.75) is 46.6 Å². The van der Waals surface area contributed by atoms with Crippen LogP contribution in [0.15, 0.2) is 12.1 Å². The predicted octanol–water partition coefficient (Wildman–Crippen LogP) is 3.09. The van der Waals surface area contributed by atoms with Gasteiger partial charge in [0.15, 0.2) is 0 Å². The smallest absolute Gasteiger partial charge is 0.0684 e. The van der Waals surface area contributed by atoms with Gasteiger partial charge in [0.05, 0.1) is 6.61 Å².